The minimum Gasteiger partial charge on any atom is -0.477 e. The average molecular weight is 276 g/mol. The monoisotopic (exact) mass is 276 g/mol. The van der Waals surface area contributed by atoms with Crippen molar-refractivity contribution in [3.8, 4) is 0 Å². The van der Waals surface area contributed by atoms with Gasteiger partial charge in [-0.25, -0.2) is 22.3 Å². The van der Waals surface area contributed by atoms with E-state index < -0.39 is 22.7 Å². The zero-order valence-corrected chi connectivity index (χ0v) is 10.3. The van der Waals surface area contributed by atoms with Crippen LogP contribution >= 0.6 is 0 Å². The van der Waals surface area contributed by atoms with E-state index in [1.54, 1.807) is 0 Å². The van der Waals surface area contributed by atoms with Crippen molar-refractivity contribution in [3.63, 3.8) is 0 Å². The molecule has 0 aliphatic heterocycles. The fourth-order valence-electron chi connectivity index (χ4n) is 1.68. The summed E-state index contributed by atoms with van der Waals surface area (Å²) in [5, 5.41) is 9.00. The van der Waals surface area contributed by atoms with Gasteiger partial charge in [-0.3, -0.25) is 0 Å². The van der Waals surface area contributed by atoms with Gasteiger partial charge in [0.2, 0.25) is 10.0 Å². The molecule has 8 heteroatoms. The van der Waals surface area contributed by atoms with Gasteiger partial charge in [0.15, 0.2) is 0 Å². The number of carboxylic acid groups (broad SMARTS) is 1. The fourth-order valence-corrected chi connectivity index (χ4v) is 2.72. The molecular weight excluding hydrogens is 263 g/mol. The first-order valence-electron chi connectivity index (χ1n) is 5.46. The first kappa shape index (κ1) is 13.0. The van der Waals surface area contributed by atoms with Gasteiger partial charge < -0.3 is 9.67 Å². The second-order valence-corrected chi connectivity index (χ2v) is 5.86. The van der Waals surface area contributed by atoms with Gasteiger partial charge in [0, 0.05) is 18.8 Å². The maximum absolute atomic E-state index is 12.0. The Kier molecular flexibility index (Phi) is 3.40. The highest BCUT2D eigenvalue weighted by Crippen LogP contribution is 2.37. The number of hydrogen-bond donors (Lipinski definition) is 2. The molecule has 6 nitrogen and oxygen atoms in total. The molecule has 100 valence electrons. The molecule has 0 amide bonds. The van der Waals surface area contributed by atoms with Crippen LogP contribution in [0, 0.1) is 0 Å². The predicted molar refractivity (Wildman–Crippen MR) is 60.8 cm³/mol. The molecule has 1 aromatic rings. The molecule has 2 rings (SSSR count). The zero-order chi connectivity index (χ0) is 13.3. The Hall–Kier alpha value is -1.41. The van der Waals surface area contributed by atoms with Gasteiger partial charge in [0.05, 0.1) is 0 Å². The predicted octanol–water partition coefficient (Wildman–Crippen LogP) is 0.769. The second-order valence-electron chi connectivity index (χ2n) is 4.09. The molecule has 1 aliphatic rings. The lowest BCUT2D eigenvalue weighted by molar-refractivity contribution is 0.0685. The van der Waals surface area contributed by atoms with Gasteiger partial charge in [-0.1, -0.05) is 0 Å². The summed E-state index contributed by atoms with van der Waals surface area (Å²) in [5.41, 5.74) is -0.0573. The Morgan fingerprint density at radius 3 is 2.72 bits per heavy atom. The summed E-state index contributed by atoms with van der Waals surface area (Å²) < 4.78 is 38.9. The molecule has 18 heavy (non-hydrogen) atoms. The van der Waals surface area contributed by atoms with E-state index in [1.807, 2.05) is 0 Å². The maximum atomic E-state index is 12.0. The quantitative estimate of drug-likeness (QED) is 0.803. The first-order chi connectivity index (χ1) is 8.45. The van der Waals surface area contributed by atoms with E-state index in [0.29, 0.717) is 0 Å². The number of sulfonamides is 1. The smallest absolute Gasteiger partial charge is 0.352 e. The lowest BCUT2D eigenvalue weighted by atomic mass is 10.4. The topological polar surface area (TPSA) is 88.4 Å². The standard InChI is InChI=1S/C10H13FN2O4S/c11-3-4-12-18(16,17)8-5-9(10(14)15)13(6-8)7-1-2-7/h5-7,12H,1-4H2,(H,14,15). The molecule has 0 atom stereocenters. The fraction of sp³-hybridized carbons (Fsp3) is 0.500. The highest BCUT2D eigenvalue weighted by molar-refractivity contribution is 7.89. The van der Waals surface area contributed by atoms with Crippen molar-refractivity contribution in [3.05, 3.63) is 18.0 Å². The third kappa shape index (κ3) is 2.54. The van der Waals surface area contributed by atoms with Crippen LogP contribution in [0.15, 0.2) is 17.2 Å². The Balaban J connectivity index is 2.34. The van der Waals surface area contributed by atoms with Crippen LogP contribution in [0.4, 0.5) is 4.39 Å². The van der Waals surface area contributed by atoms with E-state index in [9.17, 15) is 17.6 Å². The van der Waals surface area contributed by atoms with Crippen molar-refractivity contribution in [2.45, 2.75) is 23.8 Å². The van der Waals surface area contributed by atoms with Gasteiger partial charge in [0.1, 0.15) is 17.3 Å². The highest BCUT2D eigenvalue weighted by Gasteiger charge is 2.30. The van der Waals surface area contributed by atoms with E-state index in [1.165, 1.54) is 10.8 Å². The van der Waals surface area contributed by atoms with Crippen LogP contribution in [0.25, 0.3) is 0 Å². The number of carbonyl (C=O) groups is 1. The van der Waals surface area contributed by atoms with Crippen LogP contribution in [0.1, 0.15) is 29.4 Å². The van der Waals surface area contributed by atoms with Gasteiger partial charge in [-0.05, 0) is 18.9 Å². The van der Waals surface area contributed by atoms with Crippen molar-refractivity contribution in [2.24, 2.45) is 0 Å². The normalized spacial score (nSPS) is 15.8. The molecule has 0 bridgehead atoms. The third-order valence-electron chi connectivity index (χ3n) is 2.68. The molecular formula is C10H13FN2O4S. The van der Waals surface area contributed by atoms with E-state index in [0.717, 1.165) is 18.9 Å². The molecule has 1 heterocycles. The summed E-state index contributed by atoms with van der Waals surface area (Å²) in [4.78, 5) is 10.9. The average Bonchev–Trinajstić information content (AvgIpc) is 3.04. The zero-order valence-electron chi connectivity index (χ0n) is 9.47. The molecule has 0 unspecified atom stereocenters. The van der Waals surface area contributed by atoms with E-state index in [4.69, 9.17) is 5.11 Å². The Morgan fingerprint density at radius 2 is 2.22 bits per heavy atom. The van der Waals surface area contributed by atoms with Crippen molar-refractivity contribution >= 4 is 16.0 Å². The number of nitrogens with zero attached hydrogens (tertiary/aromatic N) is 1. The number of aromatic carboxylic acids is 1. The van der Waals surface area contributed by atoms with Crippen LogP contribution < -0.4 is 4.72 Å². The lowest BCUT2D eigenvalue weighted by Crippen LogP contribution is -2.25. The van der Waals surface area contributed by atoms with Crippen molar-refractivity contribution in [1.29, 1.82) is 0 Å². The molecule has 0 radical (unpaired) electrons. The SMILES string of the molecule is O=C(O)c1cc(S(=O)(=O)NCCF)cn1C1CC1. The minimum atomic E-state index is -3.84. The molecule has 0 spiro atoms. The second kappa shape index (κ2) is 4.69. The lowest BCUT2D eigenvalue weighted by Gasteiger charge is -2.02. The van der Waals surface area contributed by atoms with Crippen LogP contribution in [0.5, 0.6) is 0 Å². The van der Waals surface area contributed by atoms with Crippen molar-refractivity contribution in [1.82, 2.24) is 9.29 Å². The highest BCUT2D eigenvalue weighted by atomic mass is 32.2. The van der Waals surface area contributed by atoms with Crippen molar-refractivity contribution in [2.75, 3.05) is 13.2 Å². The molecule has 1 aliphatic carbocycles. The summed E-state index contributed by atoms with van der Waals surface area (Å²) in [6, 6.07) is 1.16. The van der Waals surface area contributed by atoms with E-state index in [2.05, 4.69) is 4.72 Å². The van der Waals surface area contributed by atoms with Gasteiger partial charge in [-0.2, -0.15) is 0 Å². The Labute approximate surface area is 103 Å². The van der Waals surface area contributed by atoms with Gasteiger partial charge in [0.25, 0.3) is 0 Å². The Bertz CT molecular complexity index is 562. The van der Waals surface area contributed by atoms with Crippen LogP contribution in [-0.2, 0) is 10.0 Å². The third-order valence-corrected chi connectivity index (χ3v) is 4.11. The van der Waals surface area contributed by atoms with Gasteiger partial charge in [-0.15, -0.1) is 0 Å². The number of hydrogen-bond acceptors (Lipinski definition) is 3. The molecule has 0 aromatic carbocycles. The van der Waals surface area contributed by atoms with Crippen LogP contribution in [-0.4, -0.2) is 37.3 Å². The number of rotatable bonds is 6. The summed E-state index contributed by atoms with van der Waals surface area (Å²) in [6.45, 7) is -1.13. The summed E-state index contributed by atoms with van der Waals surface area (Å²) in [6.07, 6.45) is 2.97. The largest absolute Gasteiger partial charge is 0.477 e. The van der Waals surface area contributed by atoms with Crippen molar-refractivity contribution < 1.29 is 22.7 Å². The van der Waals surface area contributed by atoms with Crippen LogP contribution in [0.2, 0.25) is 0 Å². The molecule has 2 N–H and O–H groups in total. The Morgan fingerprint density at radius 1 is 1.56 bits per heavy atom. The number of nitrogens with one attached hydrogen (secondary N) is 1. The summed E-state index contributed by atoms with van der Waals surface area (Å²) >= 11 is 0. The van der Waals surface area contributed by atoms with Gasteiger partial charge >= 0.3 is 5.97 Å². The number of halogens is 1. The minimum absolute atomic E-state index is 0.0567. The van der Waals surface area contributed by atoms with E-state index in [-0.39, 0.29) is 23.2 Å². The maximum Gasteiger partial charge on any atom is 0.352 e. The first-order valence-corrected chi connectivity index (χ1v) is 6.95. The number of carboxylic acids is 1. The number of aromatic nitrogens is 1. The molecule has 1 saturated carbocycles. The molecule has 1 aromatic heterocycles. The molecule has 1 fully saturated rings. The van der Waals surface area contributed by atoms with Crippen LogP contribution in [0.3, 0.4) is 0 Å². The summed E-state index contributed by atoms with van der Waals surface area (Å²) in [5.74, 6) is -1.17. The van der Waals surface area contributed by atoms with E-state index >= 15 is 0 Å². The number of alkyl halides is 1. The molecule has 0 saturated heterocycles. The summed E-state index contributed by atoms with van der Waals surface area (Å²) in [7, 11) is -3.84.